The van der Waals surface area contributed by atoms with Gasteiger partial charge in [0.1, 0.15) is 5.82 Å². The van der Waals surface area contributed by atoms with Crippen LogP contribution in [0.5, 0.6) is 0 Å². The number of para-hydroxylation sites is 1. The zero-order valence-electron chi connectivity index (χ0n) is 14.4. The summed E-state index contributed by atoms with van der Waals surface area (Å²) in [6, 6.07) is 16.0. The van der Waals surface area contributed by atoms with Crippen molar-refractivity contribution in [1.29, 1.82) is 0 Å². The summed E-state index contributed by atoms with van der Waals surface area (Å²) in [6.07, 6.45) is 1.42. The van der Waals surface area contributed by atoms with Gasteiger partial charge in [-0.05, 0) is 48.5 Å². The van der Waals surface area contributed by atoms with Gasteiger partial charge in [0, 0.05) is 18.8 Å². The van der Waals surface area contributed by atoms with Gasteiger partial charge in [-0.1, -0.05) is 12.1 Å². The standard InChI is InChI=1S/C20H18FN3O3/c21-14-7-9-15(10-8-14)24-17-5-2-1-4-16(17)19(25)22-11-12-23-20(26)18-6-3-13-27-18/h1-10,13,24H,11-12H2,(H,22,25)(H,23,26). The van der Waals surface area contributed by atoms with E-state index in [1.54, 1.807) is 48.5 Å². The van der Waals surface area contributed by atoms with E-state index in [0.717, 1.165) is 0 Å². The Morgan fingerprint density at radius 3 is 2.26 bits per heavy atom. The Bertz CT molecular complexity index is 908. The lowest BCUT2D eigenvalue weighted by atomic mass is 10.1. The minimum Gasteiger partial charge on any atom is -0.459 e. The largest absolute Gasteiger partial charge is 0.459 e. The molecule has 3 rings (SSSR count). The van der Waals surface area contributed by atoms with Crippen molar-refractivity contribution in [2.45, 2.75) is 0 Å². The first-order chi connectivity index (χ1) is 13.1. The molecule has 0 unspecified atom stereocenters. The molecule has 2 amide bonds. The summed E-state index contributed by atoms with van der Waals surface area (Å²) >= 11 is 0. The summed E-state index contributed by atoms with van der Waals surface area (Å²) in [7, 11) is 0. The van der Waals surface area contributed by atoms with Crippen LogP contribution in [0.2, 0.25) is 0 Å². The van der Waals surface area contributed by atoms with E-state index in [-0.39, 0.29) is 36.5 Å². The Hall–Kier alpha value is -3.61. The Morgan fingerprint density at radius 2 is 1.56 bits per heavy atom. The molecule has 0 spiro atoms. The summed E-state index contributed by atoms with van der Waals surface area (Å²) in [5, 5.41) is 8.50. The third kappa shape index (κ3) is 4.94. The topological polar surface area (TPSA) is 83.4 Å². The number of carbonyl (C=O) groups is 2. The van der Waals surface area contributed by atoms with E-state index < -0.39 is 0 Å². The molecule has 2 aromatic carbocycles. The Morgan fingerprint density at radius 1 is 0.852 bits per heavy atom. The number of halogens is 1. The zero-order valence-corrected chi connectivity index (χ0v) is 14.4. The molecule has 0 fully saturated rings. The Kier molecular flexibility index (Phi) is 5.84. The number of carbonyl (C=O) groups excluding carboxylic acids is 2. The summed E-state index contributed by atoms with van der Waals surface area (Å²) in [5.41, 5.74) is 1.71. The second-order valence-electron chi connectivity index (χ2n) is 5.67. The third-order valence-electron chi connectivity index (χ3n) is 3.74. The lowest BCUT2D eigenvalue weighted by molar-refractivity contribution is 0.0911. The first kappa shape index (κ1) is 18.2. The molecule has 3 N–H and O–H groups in total. The van der Waals surface area contributed by atoms with Crippen molar-refractivity contribution in [2.24, 2.45) is 0 Å². The Balaban J connectivity index is 1.55. The van der Waals surface area contributed by atoms with E-state index in [1.807, 2.05) is 0 Å². The van der Waals surface area contributed by atoms with Gasteiger partial charge in [0.05, 0.1) is 17.5 Å². The minimum absolute atomic E-state index is 0.218. The third-order valence-corrected chi connectivity index (χ3v) is 3.74. The molecule has 0 saturated heterocycles. The van der Waals surface area contributed by atoms with Crippen molar-refractivity contribution < 1.29 is 18.4 Å². The normalized spacial score (nSPS) is 10.3. The van der Waals surface area contributed by atoms with Gasteiger partial charge in [0.15, 0.2) is 5.76 Å². The molecule has 7 heteroatoms. The first-order valence-electron chi connectivity index (χ1n) is 8.35. The van der Waals surface area contributed by atoms with Crippen LogP contribution >= 0.6 is 0 Å². The predicted octanol–water partition coefficient (Wildman–Crippen LogP) is 3.32. The monoisotopic (exact) mass is 367 g/mol. The fourth-order valence-corrected chi connectivity index (χ4v) is 2.42. The minimum atomic E-state index is -0.340. The molecule has 0 aliphatic carbocycles. The molecule has 0 saturated carbocycles. The van der Waals surface area contributed by atoms with Crippen molar-refractivity contribution in [3.05, 3.63) is 84.1 Å². The van der Waals surface area contributed by atoms with E-state index in [4.69, 9.17) is 4.42 Å². The highest BCUT2D eigenvalue weighted by Crippen LogP contribution is 2.21. The number of hydrogen-bond donors (Lipinski definition) is 3. The van der Waals surface area contributed by atoms with E-state index in [0.29, 0.717) is 16.9 Å². The average Bonchev–Trinajstić information content (AvgIpc) is 3.22. The van der Waals surface area contributed by atoms with Crippen LogP contribution < -0.4 is 16.0 Å². The molecule has 0 aliphatic rings. The van der Waals surface area contributed by atoms with Crippen LogP contribution in [0.15, 0.2) is 71.3 Å². The van der Waals surface area contributed by atoms with Crippen LogP contribution in [0.25, 0.3) is 0 Å². The van der Waals surface area contributed by atoms with E-state index in [1.165, 1.54) is 18.4 Å². The number of hydrogen-bond acceptors (Lipinski definition) is 4. The summed E-state index contributed by atoms with van der Waals surface area (Å²) in [4.78, 5) is 24.2. The van der Waals surface area contributed by atoms with Gasteiger partial charge < -0.3 is 20.4 Å². The smallest absolute Gasteiger partial charge is 0.287 e. The highest BCUT2D eigenvalue weighted by atomic mass is 19.1. The summed E-state index contributed by atoms with van der Waals surface area (Å²) in [6.45, 7) is 0.523. The lowest BCUT2D eigenvalue weighted by Gasteiger charge is -2.12. The van der Waals surface area contributed by atoms with Crippen LogP contribution in [0.3, 0.4) is 0 Å². The number of furan rings is 1. The zero-order chi connectivity index (χ0) is 19.1. The molecule has 0 bridgehead atoms. The second kappa shape index (κ2) is 8.66. The average molecular weight is 367 g/mol. The van der Waals surface area contributed by atoms with E-state index >= 15 is 0 Å². The van der Waals surface area contributed by atoms with Crippen molar-refractivity contribution >= 4 is 23.2 Å². The molecule has 0 radical (unpaired) electrons. The maximum Gasteiger partial charge on any atom is 0.287 e. The van der Waals surface area contributed by atoms with Crippen molar-refractivity contribution in [3.63, 3.8) is 0 Å². The maximum absolute atomic E-state index is 13.0. The van der Waals surface area contributed by atoms with Crippen molar-refractivity contribution in [1.82, 2.24) is 10.6 Å². The summed E-state index contributed by atoms with van der Waals surface area (Å²) < 4.78 is 18.0. The van der Waals surface area contributed by atoms with Gasteiger partial charge in [-0.3, -0.25) is 9.59 Å². The maximum atomic E-state index is 13.0. The molecular weight excluding hydrogens is 349 g/mol. The fourth-order valence-electron chi connectivity index (χ4n) is 2.42. The highest BCUT2D eigenvalue weighted by molar-refractivity contribution is 6.00. The molecular formula is C20H18FN3O3. The van der Waals surface area contributed by atoms with Crippen LogP contribution in [0.4, 0.5) is 15.8 Å². The van der Waals surface area contributed by atoms with Crippen molar-refractivity contribution in [3.8, 4) is 0 Å². The number of benzene rings is 2. The number of rotatable bonds is 7. The molecule has 0 atom stereocenters. The van der Waals surface area contributed by atoms with Crippen LogP contribution in [-0.2, 0) is 0 Å². The van der Waals surface area contributed by atoms with Gasteiger partial charge >= 0.3 is 0 Å². The number of amides is 2. The van der Waals surface area contributed by atoms with Gasteiger partial charge in [-0.15, -0.1) is 0 Å². The summed E-state index contributed by atoms with van der Waals surface area (Å²) in [5.74, 6) is -0.738. The highest BCUT2D eigenvalue weighted by Gasteiger charge is 2.11. The fraction of sp³-hybridized carbons (Fsp3) is 0.100. The quantitative estimate of drug-likeness (QED) is 0.560. The molecule has 138 valence electrons. The molecule has 1 aromatic heterocycles. The van der Waals surface area contributed by atoms with Gasteiger partial charge in [0.25, 0.3) is 11.8 Å². The van der Waals surface area contributed by atoms with E-state index in [2.05, 4.69) is 16.0 Å². The molecule has 3 aromatic rings. The van der Waals surface area contributed by atoms with Gasteiger partial charge in [0.2, 0.25) is 0 Å². The van der Waals surface area contributed by atoms with Crippen LogP contribution in [0, 0.1) is 5.82 Å². The molecule has 0 aliphatic heterocycles. The van der Waals surface area contributed by atoms with E-state index in [9.17, 15) is 14.0 Å². The molecule has 6 nitrogen and oxygen atoms in total. The first-order valence-corrected chi connectivity index (χ1v) is 8.35. The number of nitrogens with one attached hydrogen (secondary N) is 3. The molecule has 1 heterocycles. The lowest BCUT2D eigenvalue weighted by Crippen LogP contribution is -2.34. The van der Waals surface area contributed by atoms with Crippen molar-refractivity contribution in [2.75, 3.05) is 18.4 Å². The second-order valence-corrected chi connectivity index (χ2v) is 5.67. The number of anilines is 2. The van der Waals surface area contributed by atoms with Crippen LogP contribution in [-0.4, -0.2) is 24.9 Å². The SMILES string of the molecule is O=C(NCCNC(=O)c1ccccc1Nc1ccc(F)cc1)c1ccco1. The van der Waals surface area contributed by atoms with Gasteiger partial charge in [-0.25, -0.2) is 4.39 Å². The Labute approximate surface area is 155 Å². The van der Waals surface area contributed by atoms with Crippen LogP contribution in [0.1, 0.15) is 20.9 Å². The van der Waals surface area contributed by atoms with Gasteiger partial charge in [-0.2, -0.15) is 0 Å². The molecule has 27 heavy (non-hydrogen) atoms. The predicted molar refractivity (Wildman–Crippen MR) is 99.5 cm³/mol.